The number of benzene rings is 2. The minimum atomic E-state index is -1.22. The zero-order valence-electron chi connectivity index (χ0n) is 25.3. The molecular formula is C32H37BFN5O5. The summed E-state index contributed by atoms with van der Waals surface area (Å²) in [5.74, 6) is -2.39. The highest BCUT2D eigenvalue weighted by molar-refractivity contribution is 6.22. The van der Waals surface area contributed by atoms with Crippen molar-refractivity contribution in [3.63, 3.8) is 0 Å². The molecule has 0 bridgehead atoms. The lowest BCUT2D eigenvalue weighted by molar-refractivity contribution is -0.118. The summed E-state index contributed by atoms with van der Waals surface area (Å²) >= 11 is 0. The van der Waals surface area contributed by atoms with Crippen LogP contribution < -0.4 is 15.5 Å². The molecule has 3 atom stereocenters. The van der Waals surface area contributed by atoms with Crippen molar-refractivity contribution >= 4 is 37.1 Å². The Hall–Kier alpha value is -4.45. The van der Waals surface area contributed by atoms with Crippen LogP contribution in [0.5, 0.6) is 0 Å². The molecule has 3 amide bonds. The molecule has 3 N–H and O–H groups in total. The number of halogens is 1. The molecule has 1 saturated heterocycles. The average molecular weight is 601 g/mol. The Morgan fingerprint density at radius 2 is 1.80 bits per heavy atom. The predicted octanol–water partition coefficient (Wildman–Crippen LogP) is 2.88. The van der Waals surface area contributed by atoms with Gasteiger partial charge in [0.2, 0.25) is 5.91 Å². The lowest BCUT2D eigenvalue weighted by Gasteiger charge is -2.36. The molecule has 3 aromatic rings. The topological polar surface area (TPSA) is 124 Å². The number of hydrogen-bond acceptors (Lipinski definition) is 7. The molecule has 1 aliphatic heterocycles. The first-order valence-corrected chi connectivity index (χ1v) is 14.7. The van der Waals surface area contributed by atoms with E-state index >= 15 is 0 Å². The molecule has 2 aromatic carbocycles. The van der Waals surface area contributed by atoms with Crippen LogP contribution in [0.4, 0.5) is 20.6 Å². The Balaban J connectivity index is 1.10. The summed E-state index contributed by atoms with van der Waals surface area (Å²) in [4.78, 5) is 45.8. The number of aromatic nitrogens is 1. The number of amides is 3. The minimum Gasteiger partial charge on any atom is -0.444 e. The van der Waals surface area contributed by atoms with E-state index < -0.39 is 28.7 Å². The van der Waals surface area contributed by atoms with Crippen molar-refractivity contribution in [3.05, 3.63) is 89.5 Å². The van der Waals surface area contributed by atoms with Gasteiger partial charge in [-0.3, -0.25) is 14.6 Å². The van der Waals surface area contributed by atoms with Crippen LogP contribution in [0.15, 0.2) is 67.0 Å². The fourth-order valence-corrected chi connectivity index (χ4v) is 5.57. The third-order valence-electron chi connectivity index (χ3n) is 8.00. The molecule has 3 unspecified atom stereocenters. The number of aliphatic hydroxyl groups is 1. The molecule has 5 rings (SSSR count). The number of anilines is 2. The van der Waals surface area contributed by atoms with Gasteiger partial charge in [0.15, 0.2) is 0 Å². The third-order valence-corrected chi connectivity index (χ3v) is 8.00. The fraction of sp³-hybridized carbons (Fsp3) is 0.375. The maximum Gasteiger partial charge on any atom is 0.410 e. The SMILES string of the molecule is BC1(O)C(C(=O)Nc2ccc(CNC(=O)c3ccc(N4CCN(C(=O)OC(C)(C)C)CC4)cc3)c(F)c2)C1c1cccnc1. The number of nitrogens with zero attached hydrogens (tertiary/aromatic N) is 3. The van der Waals surface area contributed by atoms with Crippen molar-refractivity contribution in [2.24, 2.45) is 5.92 Å². The average Bonchev–Trinajstić information content (AvgIpc) is 3.58. The molecule has 2 aliphatic rings. The number of rotatable bonds is 7. The van der Waals surface area contributed by atoms with Gasteiger partial charge in [0, 0.05) is 73.5 Å². The molecule has 0 spiro atoms. The quantitative estimate of drug-likeness (QED) is 0.356. The van der Waals surface area contributed by atoms with Gasteiger partial charge in [-0.15, -0.1) is 0 Å². The van der Waals surface area contributed by atoms with Crippen LogP contribution in [0, 0.1) is 11.7 Å². The van der Waals surface area contributed by atoms with E-state index in [1.54, 1.807) is 49.4 Å². The summed E-state index contributed by atoms with van der Waals surface area (Å²) < 4.78 is 20.3. The molecule has 44 heavy (non-hydrogen) atoms. The monoisotopic (exact) mass is 601 g/mol. The molecule has 2 heterocycles. The van der Waals surface area contributed by atoms with E-state index in [-0.39, 0.29) is 35.7 Å². The van der Waals surface area contributed by atoms with Gasteiger partial charge in [-0.1, -0.05) is 12.1 Å². The van der Waals surface area contributed by atoms with E-state index in [9.17, 15) is 23.9 Å². The van der Waals surface area contributed by atoms with Gasteiger partial charge >= 0.3 is 6.09 Å². The number of hydrogen-bond donors (Lipinski definition) is 3. The van der Waals surface area contributed by atoms with Gasteiger partial charge in [0.05, 0.1) is 11.4 Å². The molecule has 10 nitrogen and oxygen atoms in total. The molecular weight excluding hydrogens is 564 g/mol. The van der Waals surface area contributed by atoms with E-state index in [2.05, 4.69) is 20.5 Å². The van der Waals surface area contributed by atoms with Crippen molar-refractivity contribution < 1.29 is 28.6 Å². The van der Waals surface area contributed by atoms with Crippen LogP contribution in [0.2, 0.25) is 0 Å². The first kappa shape index (κ1) is 31.0. The summed E-state index contributed by atoms with van der Waals surface area (Å²) in [5, 5.41) is 16.1. The van der Waals surface area contributed by atoms with Crippen molar-refractivity contribution in [1.29, 1.82) is 0 Å². The van der Waals surface area contributed by atoms with Crippen LogP contribution in [0.3, 0.4) is 0 Å². The highest BCUT2D eigenvalue weighted by atomic mass is 19.1. The Morgan fingerprint density at radius 1 is 1.09 bits per heavy atom. The van der Waals surface area contributed by atoms with Gasteiger partial charge in [0.25, 0.3) is 5.91 Å². The molecule has 0 radical (unpaired) electrons. The lowest BCUT2D eigenvalue weighted by Crippen LogP contribution is -2.50. The molecule has 230 valence electrons. The van der Waals surface area contributed by atoms with Crippen LogP contribution >= 0.6 is 0 Å². The third kappa shape index (κ3) is 7.02. The maximum absolute atomic E-state index is 14.9. The number of ether oxygens (including phenoxy) is 1. The first-order valence-electron chi connectivity index (χ1n) is 14.7. The van der Waals surface area contributed by atoms with Crippen molar-refractivity contribution in [2.75, 3.05) is 36.4 Å². The number of carbonyl (C=O) groups excluding carboxylic acids is 3. The Labute approximate surface area is 257 Å². The number of piperazine rings is 1. The molecule has 2 fully saturated rings. The van der Waals surface area contributed by atoms with Gasteiger partial charge in [0.1, 0.15) is 19.3 Å². The molecule has 1 aliphatic carbocycles. The number of carbonyl (C=O) groups is 3. The van der Waals surface area contributed by atoms with E-state index in [0.29, 0.717) is 31.7 Å². The largest absolute Gasteiger partial charge is 0.444 e. The highest BCUT2D eigenvalue weighted by Gasteiger charge is 2.64. The molecule has 1 aromatic heterocycles. The van der Waals surface area contributed by atoms with Gasteiger partial charge in [-0.25, -0.2) is 9.18 Å². The van der Waals surface area contributed by atoms with Crippen molar-refractivity contribution in [2.45, 2.75) is 44.3 Å². The summed E-state index contributed by atoms with van der Waals surface area (Å²) in [7, 11) is 1.60. The summed E-state index contributed by atoms with van der Waals surface area (Å²) in [6, 6.07) is 15.0. The van der Waals surface area contributed by atoms with Gasteiger partial charge < -0.3 is 30.3 Å². The van der Waals surface area contributed by atoms with Crippen LogP contribution in [-0.2, 0) is 16.1 Å². The second-order valence-electron chi connectivity index (χ2n) is 12.4. The second kappa shape index (κ2) is 12.3. The van der Waals surface area contributed by atoms with Gasteiger partial charge in [-0.2, -0.15) is 0 Å². The summed E-state index contributed by atoms with van der Waals surface area (Å²) in [5.41, 5.74) is 0.912. The number of nitrogens with one attached hydrogen (secondary N) is 2. The van der Waals surface area contributed by atoms with E-state index in [1.165, 1.54) is 12.1 Å². The van der Waals surface area contributed by atoms with Crippen LogP contribution in [0.1, 0.15) is 48.2 Å². The number of pyridine rings is 1. The molecule has 12 heteroatoms. The smallest absolute Gasteiger partial charge is 0.410 e. The Kier molecular flexibility index (Phi) is 8.65. The fourth-order valence-electron chi connectivity index (χ4n) is 5.57. The van der Waals surface area contributed by atoms with E-state index in [0.717, 1.165) is 11.3 Å². The van der Waals surface area contributed by atoms with Gasteiger partial charge in [-0.05, 0) is 68.8 Å². The van der Waals surface area contributed by atoms with Crippen LogP contribution in [0.25, 0.3) is 0 Å². The lowest BCUT2D eigenvalue weighted by atomic mass is 9.91. The van der Waals surface area contributed by atoms with E-state index in [4.69, 9.17) is 4.74 Å². The second-order valence-corrected chi connectivity index (χ2v) is 12.4. The van der Waals surface area contributed by atoms with E-state index in [1.807, 2.05) is 39.0 Å². The minimum absolute atomic E-state index is 0.0340. The Bertz CT molecular complexity index is 1520. The summed E-state index contributed by atoms with van der Waals surface area (Å²) in [6.45, 7) is 7.86. The zero-order valence-corrected chi connectivity index (χ0v) is 25.3. The normalized spacial score (nSPS) is 21.4. The standard InChI is InChI=1S/C32H37BFN5O5/c1-31(2,3)44-30(42)39-15-13-38(14-16-39)24-10-7-20(8-11-24)28(40)36-19-21-6-9-23(17-25(21)34)37-29(41)27-26(32(27,33)43)22-5-4-12-35-18-22/h4-12,17-18,26-27,43H,13-16,19,33H2,1-3H3,(H,36,40)(H,37,41). The predicted molar refractivity (Wildman–Crippen MR) is 167 cm³/mol. The van der Waals surface area contributed by atoms with Crippen molar-refractivity contribution in [3.8, 4) is 0 Å². The van der Waals surface area contributed by atoms with Crippen LogP contribution in [-0.4, -0.2) is 78.0 Å². The molecule has 1 saturated carbocycles. The first-order chi connectivity index (χ1) is 20.8. The summed E-state index contributed by atoms with van der Waals surface area (Å²) in [6.07, 6.45) is 2.93. The maximum atomic E-state index is 14.9. The van der Waals surface area contributed by atoms with Crippen molar-refractivity contribution in [1.82, 2.24) is 15.2 Å². The Morgan fingerprint density at radius 3 is 2.41 bits per heavy atom. The zero-order chi connectivity index (χ0) is 31.6. The highest BCUT2D eigenvalue weighted by Crippen LogP contribution is 2.55.